The number of carbonyl (C=O) groups is 3. The SMILES string of the molecule is COc1ccc([C@@H]2C=C3c4ccc(C)cc4OC(=O)[C@@H]3[C@@H]3C(=O)N(c4cc(C)ccc4C)C(=O)[C@@H]32)cc1. The molecule has 0 saturated carbocycles. The minimum Gasteiger partial charge on any atom is -0.497 e. The van der Waals surface area contributed by atoms with Crippen LogP contribution in [-0.4, -0.2) is 24.9 Å². The Bertz CT molecular complexity index is 1500. The van der Waals surface area contributed by atoms with E-state index in [1.54, 1.807) is 7.11 Å². The maximum atomic E-state index is 14.1. The van der Waals surface area contributed by atoms with E-state index in [0.29, 0.717) is 17.2 Å². The highest BCUT2D eigenvalue weighted by Crippen LogP contribution is 2.55. The number of amides is 2. The Morgan fingerprint density at radius 1 is 0.811 bits per heavy atom. The largest absolute Gasteiger partial charge is 0.497 e. The fourth-order valence-electron chi connectivity index (χ4n) is 6.02. The van der Waals surface area contributed by atoms with Crippen molar-refractivity contribution in [3.63, 3.8) is 0 Å². The standard InChI is InChI=1S/C31H27NO5/c1-16-5-7-18(3)24(13-16)32-29(33)26-22(19-8-10-20(36-4)11-9-19)15-23-21-12-6-17(2)14-25(21)37-31(35)27(23)28(26)30(32)34/h5-15,22,26-28H,1-4H3/t22-,26+,27-,28+/m0/s1. The summed E-state index contributed by atoms with van der Waals surface area (Å²) < 4.78 is 11.1. The highest BCUT2D eigenvalue weighted by molar-refractivity contribution is 6.25. The molecular formula is C31H27NO5. The number of imide groups is 1. The molecule has 186 valence electrons. The Balaban J connectivity index is 1.55. The minimum absolute atomic E-state index is 0.290. The zero-order chi connectivity index (χ0) is 26.0. The molecule has 3 aromatic rings. The van der Waals surface area contributed by atoms with E-state index in [9.17, 15) is 14.4 Å². The van der Waals surface area contributed by atoms with E-state index in [2.05, 4.69) is 0 Å². The van der Waals surface area contributed by atoms with Crippen molar-refractivity contribution in [3.05, 3.63) is 94.6 Å². The maximum Gasteiger partial charge on any atom is 0.319 e. The molecule has 0 aromatic heterocycles. The van der Waals surface area contributed by atoms with Gasteiger partial charge in [0.25, 0.3) is 0 Å². The molecule has 6 nitrogen and oxygen atoms in total. The zero-order valence-electron chi connectivity index (χ0n) is 21.1. The number of rotatable bonds is 3. The Kier molecular flexibility index (Phi) is 5.30. The number of allylic oxidation sites excluding steroid dienone is 1. The van der Waals surface area contributed by atoms with Crippen LogP contribution in [0, 0.1) is 38.5 Å². The summed E-state index contributed by atoms with van der Waals surface area (Å²) in [7, 11) is 1.60. The molecule has 1 aliphatic carbocycles. The van der Waals surface area contributed by atoms with Gasteiger partial charge in [0.15, 0.2) is 0 Å². The van der Waals surface area contributed by atoms with Crippen LogP contribution in [0.25, 0.3) is 5.57 Å². The molecule has 2 amide bonds. The van der Waals surface area contributed by atoms with Crippen molar-refractivity contribution in [1.82, 2.24) is 0 Å². The number of esters is 1. The van der Waals surface area contributed by atoms with Gasteiger partial charge >= 0.3 is 5.97 Å². The number of aryl methyl sites for hydroxylation is 3. The van der Waals surface area contributed by atoms with Crippen molar-refractivity contribution in [2.45, 2.75) is 26.7 Å². The van der Waals surface area contributed by atoms with Gasteiger partial charge in [0, 0.05) is 11.5 Å². The molecule has 37 heavy (non-hydrogen) atoms. The summed E-state index contributed by atoms with van der Waals surface area (Å²) in [6.07, 6.45) is 2.00. The molecule has 1 fully saturated rings. The Labute approximate surface area is 215 Å². The molecule has 0 bridgehead atoms. The van der Waals surface area contributed by atoms with Crippen molar-refractivity contribution in [2.24, 2.45) is 17.8 Å². The summed E-state index contributed by atoms with van der Waals surface area (Å²) in [6.45, 7) is 5.75. The lowest BCUT2D eigenvalue weighted by molar-refractivity contribution is -0.142. The number of fused-ring (bicyclic) bond motifs is 5. The fourth-order valence-corrected chi connectivity index (χ4v) is 6.02. The van der Waals surface area contributed by atoms with Crippen molar-refractivity contribution >= 4 is 29.0 Å². The van der Waals surface area contributed by atoms with Crippen molar-refractivity contribution < 1.29 is 23.9 Å². The number of nitrogens with zero attached hydrogens (tertiary/aromatic N) is 1. The van der Waals surface area contributed by atoms with Crippen LogP contribution < -0.4 is 14.4 Å². The van der Waals surface area contributed by atoms with Crippen LogP contribution in [0.5, 0.6) is 11.5 Å². The lowest BCUT2D eigenvalue weighted by Crippen LogP contribution is -2.42. The Hall–Kier alpha value is -4.19. The van der Waals surface area contributed by atoms with Gasteiger partial charge < -0.3 is 9.47 Å². The fraction of sp³-hybridized carbons (Fsp3) is 0.258. The third-order valence-electron chi connectivity index (χ3n) is 7.86. The van der Waals surface area contributed by atoms with E-state index in [0.717, 1.165) is 33.4 Å². The van der Waals surface area contributed by atoms with Gasteiger partial charge in [0.2, 0.25) is 11.8 Å². The van der Waals surface area contributed by atoms with E-state index >= 15 is 0 Å². The Morgan fingerprint density at radius 2 is 1.49 bits per heavy atom. The van der Waals surface area contributed by atoms with E-state index in [1.807, 2.05) is 87.5 Å². The molecule has 0 radical (unpaired) electrons. The van der Waals surface area contributed by atoms with Crippen LogP contribution in [0.15, 0.2) is 66.7 Å². The molecule has 0 N–H and O–H groups in total. The van der Waals surface area contributed by atoms with E-state index < -0.39 is 29.6 Å². The number of anilines is 1. The van der Waals surface area contributed by atoms with Gasteiger partial charge in [-0.1, -0.05) is 42.5 Å². The number of ether oxygens (including phenoxy) is 2. The first-order chi connectivity index (χ1) is 17.8. The van der Waals surface area contributed by atoms with E-state index in [1.165, 1.54) is 4.90 Å². The lowest BCUT2D eigenvalue weighted by atomic mass is 9.64. The molecule has 1 saturated heterocycles. The summed E-state index contributed by atoms with van der Waals surface area (Å²) in [4.78, 5) is 42.9. The first-order valence-corrected chi connectivity index (χ1v) is 12.4. The highest BCUT2D eigenvalue weighted by Gasteiger charge is 2.60. The number of benzene rings is 3. The molecule has 3 aliphatic rings. The summed E-state index contributed by atoms with van der Waals surface area (Å²) in [5.41, 5.74) is 5.74. The molecule has 0 unspecified atom stereocenters. The summed E-state index contributed by atoms with van der Waals surface area (Å²) in [6, 6.07) is 19.0. The first-order valence-electron chi connectivity index (χ1n) is 12.4. The van der Waals surface area contributed by atoms with Gasteiger partial charge in [-0.15, -0.1) is 0 Å². The van der Waals surface area contributed by atoms with E-state index in [4.69, 9.17) is 9.47 Å². The molecule has 2 aliphatic heterocycles. The molecule has 6 heteroatoms. The summed E-state index contributed by atoms with van der Waals surface area (Å²) in [5, 5.41) is 0. The number of hydrogen-bond acceptors (Lipinski definition) is 5. The Morgan fingerprint density at radius 3 is 2.22 bits per heavy atom. The molecule has 4 atom stereocenters. The zero-order valence-corrected chi connectivity index (χ0v) is 21.1. The molecular weight excluding hydrogens is 466 g/mol. The van der Waals surface area contributed by atoms with Crippen molar-refractivity contribution in [2.75, 3.05) is 12.0 Å². The number of methoxy groups -OCH3 is 1. The molecule has 3 aromatic carbocycles. The second kappa shape index (κ2) is 8.44. The van der Waals surface area contributed by atoms with Crippen LogP contribution in [0.4, 0.5) is 5.69 Å². The molecule has 2 heterocycles. The van der Waals surface area contributed by atoms with Crippen LogP contribution in [0.3, 0.4) is 0 Å². The smallest absolute Gasteiger partial charge is 0.319 e. The third-order valence-corrected chi connectivity index (χ3v) is 7.86. The lowest BCUT2D eigenvalue weighted by Gasteiger charge is -2.38. The summed E-state index contributed by atoms with van der Waals surface area (Å²) in [5.74, 6) is -2.77. The highest BCUT2D eigenvalue weighted by atomic mass is 16.5. The average molecular weight is 494 g/mol. The van der Waals surface area contributed by atoms with Gasteiger partial charge in [-0.2, -0.15) is 0 Å². The quantitative estimate of drug-likeness (QED) is 0.287. The second-order valence-corrected chi connectivity index (χ2v) is 10.2. The average Bonchev–Trinajstić information content (AvgIpc) is 3.14. The maximum absolute atomic E-state index is 14.1. The van der Waals surface area contributed by atoms with Crippen LogP contribution in [0.2, 0.25) is 0 Å². The summed E-state index contributed by atoms with van der Waals surface area (Å²) >= 11 is 0. The minimum atomic E-state index is -0.860. The van der Waals surface area contributed by atoms with Crippen LogP contribution in [-0.2, 0) is 14.4 Å². The number of carbonyl (C=O) groups excluding carboxylic acids is 3. The molecule has 0 spiro atoms. The first kappa shape index (κ1) is 23.2. The topological polar surface area (TPSA) is 72.9 Å². The third kappa shape index (κ3) is 3.50. The molecule has 6 rings (SSSR count). The van der Waals surface area contributed by atoms with Gasteiger partial charge in [0.1, 0.15) is 11.5 Å². The van der Waals surface area contributed by atoms with E-state index in [-0.39, 0.29) is 11.8 Å². The van der Waals surface area contributed by atoms with Gasteiger partial charge in [-0.05, 0) is 72.9 Å². The predicted octanol–water partition coefficient (Wildman–Crippen LogP) is 5.14. The monoisotopic (exact) mass is 493 g/mol. The van der Waals surface area contributed by atoms with Crippen LogP contribution in [0.1, 0.15) is 33.7 Å². The number of hydrogen-bond donors (Lipinski definition) is 0. The van der Waals surface area contributed by atoms with Gasteiger partial charge in [-0.3, -0.25) is 14.4 Å². The van der Waals surface area contributed by atoms with Gasteiger partial charge in [0.05, 0.1) is 30.6 Å². The van der Waals surface area contributed by atoms with Gasteiger partial charge in [-0.25, -0.2) is 4.90 Å². The van der Waals surface area contributed by atoms with Crippen molar-refractivity contribution in [3.8, 4) is 11.5 Å². The normalized spacial score (nSPS) is 24.2. The van der Waals surface area contributed by atoms with Crippen LogP contribution >= 0.6 is 0 Å². The van der Waals surface area contributed by atoms with Crippen molar-refractivity contribution in [1.29, 1.82) is 0 Å². The predicted molar refractivity (Wildman–Crippen MR) is 139 cm³/mol. The second-order valence-electron chi connectivity index (χ2n) is 10.2.